The Balaban J connectivity index is 1.77. The highest BCUT2D eigenvalue weighted by Gasteiger charge is 2.31. The predicted octanol–water partition coefficient (Wildman–Crippen LogP) is 1.93. The summed E-state index contributed by atoms with van der Waals surface area (Å²) in [6.45, 7) is 0.585. The van der Waals surface area contributed by atoms with Crippen molar-refractivity contribution in [3.05, 3.63) is 54.2 Å². The van der Waals surface area contributed by atoms with E-state index in [0.29, 0.717) is 23.9 Å². The quantitative estimate of drug-likeness (QED) is 0.728. The molecular formula is C20H21N5O3. The summed E-state index contributed by atoms with van der Waals surface area (Å²) in [5.41, 5.74) is 1.96. The van der Waals surface area contributed by atoms with Crippen LogP contribution >= 0.6 is 0 Å². The number of aliphatic hydroxyl groups is 1. The van der Waals surface area contributed by atoms with Gasteiger partial charge < -0.3 is 14.7 Å². The third-order valence-corrected chi connectivity index (χ3v) is 4.90. The molecule has 1 saturated heterocycles. The number of likely N-dealkylation sites (tertiary alicyclic amines) is 1. The van der Waals surface area contributed by atoms with Gasteiger partial charge >= 0.3 is 0 Å². The van der Waals surface area contributed by atoms with Crippen molar-refractivity contribution >= 4 is 5.91 Å². The Morgan fingerprint density at radius 2 is 2.04 bits per heavy atom. The number of aliphatic hydroxyl groups excluding tert-OH is 1. The number of carbonyl (C=O) groups is 1. The molecule has 0 spiro atoms. The van der Waals surface area contributed by atoms with Crippen molar-refractivity contribution < 1.29 is 14.6 Å². The van der Waals surface area contributed by atoms with E-state index in [0.717, 1.165) is 24.1 Å². The zero-order valence-corrected chi connectivity index (χ0v) is 15.5. The van der Waals surface area contributed by atoms with Crippen LogP contribution in [0.15, 0.2) is 48.5 Å². The van der Waals surface area contributed by atoms with Crippen LogP contribution in [0.2, 0.25) is 0 Å². The Kier molecular flexibility index (Phi) is 5.03. The molecule has 8 heteroatoms. The van der Waals surface area contributed by atoms with Crippen LogP contribution in [-0.4, -0.2) is 62.2 Å². The topological polar surface area (TPSA) is 93.4 Å². The molecule has 1 aliphatic rings. The molecule has 1 aromatic carbocycles. The molecule has 0 unspecified atom stereocenters. The summed E-state index contributed by atoms with van der Waals surface area (Å²) in [5.74, 6) is 0.698. The Labute approximate surface area is 162 Å². The van der Waals surface area contributed by atoms with Crippen molar-refractivity contribution in [2.75, 3.05) is 20.3 Å². The fraction of sp³-hybridized carbons (Fsp3) is 0.300. The van der Waals surface area contributed by atoms with Crippen LogP contribution in [0, 0.1) is 0 Å². The van der Waals surface area contributed by atoms with Gasteiger partial charge in [0.05, 0.1) is 25.5 Å². The van der Waals surface area contributed by atoms with Gasteiger partial charge in [0.1, 0.15) is 0 Å². The van der Waals surface area contributed by atoms with Crippen LogP contribution in [0.4, 0.5) is 0 Å². The molecule has 1 atom stereocenters. The van der Waals surface area contributed by atoms with Gasteiger partial charge in [0.15, 0.2) is 11.5 Å². The summed E-state index contributed by atoms with van der Waals surface area (Å²) in [7, 11) is 1.53. The number of methoxy groups -OCH3 is 1. The van der Waals surface area contributed by atoms with Crippen molar-refractivity contribution in [2.24, 2.45) is 0 Å². The molecule has 144 valence electrons. The molecule has 2 aromatic heterocycles. The number of ether oxygens (including phenoxy) is 1. The SMILES string of the molecule is COc1ccc(-n2nc(C(=O)N3CCC[C@H]3CO)cc2-c2ccccc2)nn1. The Hall–Kier alpha value is -3.26. The number of amides is 1. The minimum Gasteiger partial charge on any atom is -0.480 e. The first kappa shape index (κ1) is 18.1. The molecule has 0 saturated carbocycles. The molecule has 1 fully saturated rings. The smallest absolute Gasteiger partial charge is 0.274 e. The molecule has 0 radical (unpaired) electrons. The Morgan fingerprint density at radius 3 is 2.71 bits per heavy atom. The van der Waals surface area contributed by atoms with Crippen molar-refractivity contribution in [1.82, 2.24) is 24.9 Å². The van der Waals surface area contributed by atoms with Crippen molar-refractivity contribution in [2.45, 2.75) is 18.9 Å². The lowest BCUT2D eigenvalue weighted by Crippen LogP contribution is -2.37. The van der Waals surface area contributed by atoms with Gasteiger partial charge in [0.2, 0.25) is 5.88 Å². The second kappa shape index (κ2) is 7.77. The van der Waals surface area contributed by atoms with Gasteiger partial charge in [-0.25, -0.2) is 4.68 Å². The van der Waals surface area contributed by atoms with Gasteiger partial charge in [0, 0.05) is 18.2 Å². The van der Waals surface area contributed by atoms with Crippen LogP contribution in [0.3, 0.4) is 0 Å². The second-order valence-electron chi connectivity index (χ2n) is 6.60. The zero-order valence-electron chi connectivity index (χ0n) is 15.5. The summed E-state index contributed by atoms with van der Waals surface area (Å²) >= 11 is 0. The van der Waals surface area contributed by atoms with Gasteiger partial charge in [-0.3, -0.25) is 4.79 Å². The predicted molar refractivity (Wildman–Crippen MR) is 102 cm³/mol. The molecule has 4 rings (SSSR count). The summed E-state index contributed by atoms with van der Waals surface area (Å²) in [4.78, 5) is 14.7. The number of carbonyl (C=O) groups excluding carboxylic acids is 1. The molecule has 0 aliphatic carbocycles. The number of hydrogen-bond acceptors (Lipinski definition) is 6. The summed E-state index contributed by atoms with van der Waals surface area (Å²) < 4.78 is 6.68. The van der Waals surface area contributed by atoms with E-state index in [2.05, 4.69) is 15.3 Å². The van der Waals surface area contributed by atoms with E-state index in [-0.39, 0.29) is 18.6 Å². The van der Waals surface area contributed by atoms with Gasteiger partial charge in [-0.2, -0.15) is 5.10 Å². The van der Waals surface area contributed by atoms with Crippen LogP contribution < -0.4 is 4.74 Å². The first-order valence-corrected chi connectivity index (χ1v) is 9.16. The van der Waals surface area contributed by atoms with E-state index in [1.54, 1.807) is 27.8 Å². The second-order valence-corrected chi connectivity index (χ2v) is 6.60. The summed E-state index contributed by atoms with van der Waals surface area (Å²) in [6, 6.07) is 14.7. The maximum absolute atomic E-state index is 13.0. The largest absolute Gasteiger partial charge is 0.480 e. The van der Waals surface area contributed by atoms with Gasteiger partial charge in [-0.15, -0.1) is 10.2 Å². The molecule has 3 heterocycles. The molecule has 1 amide bonds. The first-order valence-electron chi connectivity index (χ1n) is 9.16. The van der Waals surface area contributed by atoms with E-state index in [1.165, 1.54) is 7.11 Å². The number of nitrogens with zero attached hydrogens (tertiary/aromatic N) is 5. The van der Waals surface area contributed by atoms with Crippen LogP contribution in [0.5, 0.6) is 5.88 Å². The lowest BCUT2D eigenvalue weighted by molar-refractivity contribution is 0.0671. The van der Waals surface area contributed by atoms with E-state index in [4.69, 9.17) is 4.74 Å². The summed E-state index contributed by atoms with van der Waals surface area (Å²) in [5, 5.41) is 22.2. The lowest BCUT2D eigenvalue weighted by Gasteiger charge is -2.21. The van der Waals surface area contributed by atoms with E-state index in [9.17, 15) is 9.90 Å². The molecule has 8 nitrogen and oxygen atoms in total. The fourth-order valence-electron chi connectivity index (χ4n) is 3.45. The highest BCUT2D eigenvalue weighted by molar-refractivity contribution is 5.94. The number of aromatic nitrogens is 4. The average Bonchev–Trinajstić information content (AvgIpc) is 3.41. The molecule has 1 N–H and O–H groups in total. The molecular weight excluding hydrogens is 358 g/mol. The maximum Gasteiger partial charge on any atom is 0.274 e. The highest BCUT2D eigenvalue weighted by atomic mass is 16.5. The first-order chi connectivity index (χ1) is 13.7. The number of hydrogen-bond donors (Lipinski definition) is 1. The normalized spacial score (nSPS) is 16.4. The fourth-order valence-corrected chi connectivity index (χ4v) is 3.45. The number of rotatable bonds is 5. The van der Waals surface area contributed by atoms with E-state index >= 15 is 0 Å². The van der Waals surface area contributed by atoms with Crippen molar-refractivity contribution in [3.8, 4) is 23.0 Å². The lowest BCUT2D eigenvalue weighted by atomic mass is 10.1. The van der Waals surface area contributed by atoms with Crippen LogP contribution in [0.1, 0.15) is 23.3 Å². The molecule has 28 heavy (non-hydrogen) atoms. The zero-order chi connectivity index (χ0) is 19.5. The average molecular weight is 379 g/mol. The Morgan fingerprint density at radius 1 is 1.21 bits per heavy atom. The van der Waals surface area contributed by atoms with E-state index < -0.39 is 0 Å². The minimum absolute atomic E-state index is 0.0397. The maximum atomic E-state index is 13.0. The third-order valence-electron chi connectivity index (χ3n) is 4.90. The molecule has 0 bridgehead atoms. The summed E-state index contributed by atoms with van der Waals surface area (Å²) in [6.07, 6.45) is 1.69. The third kappa shape index (κ3) is 3.34. The van der Waals surface area contributed by atoms with E-state index in [1.807, 2.05) is 30.3 Å². The number of benzene rings is 1. The monoisotopic (exact) mass is 379 g/mol. The van der Waals surface area contributed by atoms with Gasteiger partial charge in [0.25, 0.3) is 5.91 Å². The van der Waals surface area contributed by atoms with Gasteiger partial charge in [-0.1, -0.05) is 30.3 Å². The highest BCUT2D eigenvalue weighted by Crippen LogP contribution is 2.26. The minimum atomic E-state index is -0.186. The van der Waals surface area contributed by atoms with Crippen molar-refractivity contribution in [1.29, 1.82) is 0 Å². The standard InChI is InChI=1S/C20H21N5O3/c1-28-19-10-9-18(21-22-19)25-17(14-6-3-2-4-7-14)12-16(23-25)20(27)24-11-5-8-15(24)13-26/h2-4,6-7,9-10,12,15,26H,5,8,11,13H2,1H3/t15-/m0/s1. The van der Waals surface area contributed by atoms with Crippen LogP contribution in [-0.2, 0) is 0 Å². The molecule has 3 aromatic rings. The van der Waals surface area contributed by atoms with Crippen LogP contribution in [0.25, 0.3) is 17.1 Å². The molecule has 1 aliphatic heterocycles. The Bertz CT molecular complexity index is 956. The van der Waals surface area contributed by atoms with Gasteiger partial charge in [-0.05, 0) is 25.0 Å². The van der Waals surface area contributed by atoms with Crippen molar-refractivity contribution in [3.63, 3.8) is 0 Å².